The van der Waals surface area contributed by atoms with Crippen molar-refractivity contribution in [2.45, 2.75) is 32.6 Å². The molecule has 0 aliphatic rings. The van der Waals surface area contributed by atoms with Gasteiger partial charge in [0.25, 0.3) is 0 Å². The Morgan fingerprint density at radius 3 is 1.61 bits per heavy atom. The summed E-state index contributed by atoms with van der Waals surface area (Å²) in [5, 5.41) is 2.71. The number of rotatable bonds is 23. The van der Waals surface area contributed by atoms with E-state index in [1.54, 1.807) is 12.1 Å². The van der Waals surface area contributed by atoms with Crippen molar-refractivity contribution in [3.05, 3.63) is 24.3 Å². The average molecular weight is 581 g/mol. The molecule has 1 aromatic rings. The first-order chi connectivity index (χ1) is 16.2. The third kappa shape index (κ3) is 20.1. The van der Waals surface area contributed by atoms with Crippen molar-refractivity contribution in [3.63, 3.8) is 0 Å². The zero-order valence-electron chi connectivity index (χ0n) is 19.9. The minimum Gasteiger partial charge on any atom is -0.491 e. The van der Waals surface area contributed by atoms with Crippen LogP contribution in [-0.2, 0) is 28.5 Å². The van der Waals surface area contributed by atoms with Crippen LogP contribution in [0.15, 0.2) is 24.3 Å². The van der Waals surface area contributed by atoms with Gasteiger partial charge in [0, 0.05) is 19.2 Å². The van der Waals surface area contributed by atoms with Crippen molar-refractivity contribution in [1.29, 1.82) is 0 Å². The predicted octanol–water partition coefficient (Wildman–Crippen LogP) is 4.10. The fourth-order valence-electron chi connectivity index (χ4n) is 2.69. The van der Waals surface area contributed by atoms with E-state index in [-0.39, 0.29) is 5.91 Å². The lowest BCUT2D eigenvalue weighted by Gasteiger charge is -2.09. The Balaban J connectivity index is 1.75. The molecule has 0 aliphatic carbocycles. The molecule has 0 heterocycles. The number of nitrogens with one attached hydrogen (secondary N) is 1. The highest BCUT2D eigenvalue weighted by atomic mass is 127. The van der Waals surface area contributed by atoms with E-state index in [0.29, 0.717) is 66.1 Å². The van der Waals surface area contributed by atoms with E-state index < -0.39 is 0 Å². The lowest BCUT2D eigenvalue weighted by molar-refractivity contribution is -0.114. The molecule has 0 unspecified atom stereocenters. The van der Waals surface area contributed by atoms with Gasteiger partial charge in [-0.1, -0.05) is 35.4 Å². The smallest absolute Gasteiger partial charge is 0.221 e. The molecule has 1 N–H and O–H groups in total. The van der Waals surface area contributed by atoms with Crippen molar-refractivity contribution in [1.82, 2.24) is 0 Å². The Morgan fingerprint density at radius 2 is 1.12 bits per heavy atom. The van der Waals surface area contributed by atoms with E-state index in [1.807, 2.05) is 12.1 Å². The van der Waals surface area contributed by atoms with Crippen LogP contribution >= 0.6 is 22.6 Å². The summed E-state index contributed by atoms with van der Waals surface area (Å²) in [5.41, 5.74) is 0.743. The summed E-state index contributed by atoms with van der Waals surface area (Å²) in [6.45, 7) is 7.69. The number of amides is 1. The summed E-state index contributed by atoms with van der Waals surface area (Å²) >= 11 is 2.42. The van der Waals surface area contributed by atoms with Crippen molar-refractivity contribution in [2.75, 3.05) is 82.4 Å². The lowest BCUT2D eigenvalue weighted by atomic mass is 10.2. The molecule has 0 aromatic heterocycles. The molecule has 190 valence electrons. The van der Waals surface area contributed by atoms with E-state index in [4.69, 9.17) is 28.4 Å². The fraction of sp³-hybridized carbons (Fsp3) is 0.708. The number of carbonyl (C=O) groups is 1. The van der Waals surface area contributed by atoms with E-state index in [1.165, 1.54) is 30.6 Å². The van der Waals surface area contributed by atoms with Crippen LogP contribution in [0.5, 0.6) is 5.75 Å². The summed E-state index contributed by atoms with van der Waals surface area (Å²) in [4.78, 5) is 11.0. The Kier molecular flexibility index (Phi) is 20.8. The number of ether oxygens (including phenoxy) is 6. The van der Waals surface area contributed by atoms with Gasteiger partial charge in [0.05, 0.1) is 59.5 Å². The maximum absolute atomic E-state index is 11.0. The number of carbonyl (C=O) groups excluding carboxylic acids is 1. The van der Waals surface area contributed by atoms with Gasteiger partial charge in [-0.25, -0.2) is 0 Å². The van der Waals surface area contributed by atoms with E-state index in [9.17, 15) is 4.79 Å². The zero-order valence-corrected chi connectivity index (χ0v) is 22.0. The molecule has 0 atom stereocenters. The van der Waals surface area contributed by atoms with Crippen LogP contribution in [-0.4, -0.2) is 83.0 Å². The van der Waals surface area contributed by atoms with Gasteiger partial charge >= 0.3 is 0 Å². The molecule has 0 fully saturated rings. The molecule has 8 nitrogen and oxygen atoms in total. The Bertz CT molecular complexity index is 574. The summed E-state index contributed by atoms with van der Waals surface area (Å²) < 4.78 is 34.2. The molecule has 9 heteroatoms. The predicted molar refractivity (Wildman–Crippen MR) is 138 cm³/mol. The molecule has 0 saturated heterocycles. The number of anilines is 1. The Morgan fingerprint density at radius 1 is 0.667 bits per heavy atom. The number of benzene rings is 1. The molecule has 33 heavy (non-hydrogen) atoms. The van der Waals surface area contributed by atoms with Gasteiger partial charge in [0.15, 0.2) is 0 Å². The standard InChI is InChI=1S/C24H40INO7/c1-22(27)26-23-6-8-24(9-7-23)33-21-20-32-19-18-31-17-16-30-15-14-29-13-12-28-11-5-3-2-4-10-25/h6-9H,2-5,10-21H2,1H3,(H,26,27). The highest BCUT2D eigenvalue weighted by Crippen LogP contribution is 2.15. The van der Waals surface area contributed by atoms with Crippen molar-refractivity contribution in [2.24, 2.45) is 0 Å². The van der Waals surface area contributed by atoms with Crippen molar-refractivity contribution < 1.29 is 33.2 Å². The van der Waals surface area contributed by atoms with E-state index >= 15 is 0 Å². The highest BCUT2D eigenvalue weighted by Gasteiger charge is 1.98. The van der Waals surface area contributed by atoms with Crippen molar-refractivity contribution >= 4 is 34.2 Å². The van der Waals surface area contributed by atoms with Crippen LogP contribution in [0.1, 0.15) is 32.6 Å². The van der Waals surface area contributed by atoms with Gasteiger partial charge in [-0.2, -0.15) is 0 Å². The fourth-order valence-corrected chi connectivity index (χ4v) is 3.23. The molecule has 0 bridgehead atoms. The highest BCUT2D eigenvalue weighted by molar-refractivity contribution is 14.1. The van der Waals surface area contributed by atoms with E-state index in [2.05, 4.69) is 27.9 Å². The molecule has 1 amide bonds. The number of alkyl halides is 1. The van der Waals surface area contributed by atoms with Crippen LogP contribution < -0.4 is 10.1 Å². The Hall–Kier alpha value is -0.980. The first-order valence-electron chi connectivity index (χ1n) is 11.7. The van der Waals surface area contributed by atoms with Gasteiger partial charge in [-0.15, -0.1) is 0 Å². The van der Waals surface area contributed by atoms with Crippen LogP contribution in [0, 0.1) is 0 Å². The summed E-state index contributed by atoms with van der Waals surface area (Å²) in [6, 6.07) is 7.21. The van der Waals surface area contributed by atoms with Crippen LogP contribution in [0.4, 0.5) is 5.69 Å². The van der Waals surface area contributed by atoms with Crippen LogP contribution in [0.25, 0.3) is 0 Å². The molecular formula is C24H40INO7. The van der Waals surface area contributed by atoms with Crippen LogP contribution in [0.3, 0.4) is 0 Å². The third-order valence-corrected chi connectivity index (χ3v) is 5.09. The summed E-state index contributed by atoms with van der Waals surface area (Å²) in [7, 11) is 0. The van der Waals surface area contributed by atoms with Gasteiger partial charge in [0.2, 0.25) is 5.91 Å². The average Bonchev–Trinajstić information content (AvgIpc) is 2.81. The third-order valence-electron chi connectivity index (χ3n) is 4.33. The molecule has 1 aromatic carbocycles. The van der Waals surface area contributed by atoms with E-state index in [0.717, 1.165) is 24.5 Å². The minimum atomic E-state index is -0.0976. The Labute approximate surface area is 212 Å². The SMILES string of the molecule is CC(=O)Nc1ccc(OCCOCCOCCOCCOCCOCCCCCCI)cc1. The zero-order chi connectivity index (χ0) is 23.8. The first kappa shape index (κ1) is 30.1. The monoisotopic (exact) mass is 581 g/mol. The summed E-state index contributed by atoms with van der Waals surface area (Å²) in [5.74, 6) is 0.634. The van der Waals surface area contributed by atoms with Crippen molar-refractivity contribution in [3.8, 4) is 5.75 Å². The molecule has 1 rings (SSSR count). The minimum absolute atomic E-state index is 0.0976. The topological polar surface area (TPSA) is 84.5 Å². The quantitative estimate of drug-likeness (QED) is 0.118. The van der Waals surface area contributed by atoms with Gasteiger partial charge < -0.3 is 33.7 Å². The number of halogens is 1. The first-order valence-corrected chi connectivity index (χ1v) is 13.2. The molecule has 0 radical (unpaired) electrons. The molecule has 0 spiro atoms. The number of hydrogen-bond donors (Lipinski definition) is 1. The van der Waals surface area contributed by atoms with Crippen LogP contribution in [0.2, 0.25) is 0 Å². The second kappa shape index (κ2) is 22.8. The second-order valence-corrected chi connectivity index (χ2v) is 8.30. The molecular weight excluding hydrogens is 541 g/mol. The van der Waals surface area contributed by atoms with Gasteiger partial charge in [-0.05, 0) is 41.5 Å². The van der Waals surface area contributed by atoms with Gasteiger partial charge in [0.1, 0.15) is 12.4 Å². The lowest BCUT2D eigenvalue weighted by Crippen LogP contribution is -2.14. The maximum Gasteiger partial charge on any atom is 0.221 e. The largest absolute Gasteiger partial charge is 0.491 e. The van der Waals surface area contributed by atoms with Gasteiger partial charge in [-0.3, -0.25) is 4.79 Å². The normalized spacial score (nSPS) is 11.0. The summed E-state index contributed by atoms with van der Waals surface area (Å²) in [6.07, 6.45) is 4.98. The molecule has 0 aliphatic heterocycles. The maximum atomic E-state index is 11.0. The number of unbranched alkanes of at least 4 members (excludes halogenated alkanes) is 3. The number of hydrogen-bond acceptors (Lipinski definition) is 7. The second-order valence-electron chi connectivity index (χ2n) is 7.22. The molecule has 0 saturated carbocycles.